The van der Waals surface area contributed by atoms with Crippen LogP contribution in [0.15, 0.2) is 42.5 Å². The topological polar surface area (TPSA) is 46.3 Å². The van der Waals surface area contributed by atoms with E-state index in [1.165, 1.54) is 0 Å². The maximum atomic E-state index is 12.6. The van der Waals surface area contributed by atoms with Crippen LogP contribution in [-0.4, -0.2) is 17.4 Å². The van der Waals surface area contributed by atoms with Gasteiger partial charge in [0, 0.05) is 18.7 Å². The molecule has 3 nitrogen and oxygen atoms in total. The van der Waals surface area contributed by atoms with Crippen molar-refractivity contribution < 1.29 is 4.79 Å². The summed E-state index contributed by atoms with van der Waals surface area (Å²) in [6.07, 6.45) is 0. The molecule has 0 saturated heterocycles. The van der Waals surface area contributed by atoms with Gasteiger partial charge in [0.25, 0.3) is 5.91 Å². The summed E-state index contributed by atoms with van der Waals surface area (Å²) in [4.78, 5) is 14.3. The number of nitrogens with zero attached hydrogens (tertiary/aromatic N) is 1. The number of halogens is 2. The molecule has 21 heavy (non-hydrogen) atoms. The van der Waals surface area contributed by atoms with E-state index in [4.69, 9.17) is 28.9 Å². The molecular formula is C16H16Cl2N2O. The Kier molecular flexibility index (Phi) is 5.10. The van der Waals surface area contributed by atoms with Crippen molar-refractivity contribution >= 4 is 34.8 Å². The number of rotatable bonds is 4. The van der Waals surface area contributed by atoms with Gasteiger partial charge < -0.3 is 10.6 Å². The molecule has 2 aromatic carbocycles. The second-order valence-electron chi connectivity index (χ2n) is 4.66. The standard InChI is InChI=1S/C16H16Cl2N2O/c1-2-20(10-11-6-4-3-5-7-11)16(21)12-8-13(17)15(19)14(18)9-12/h3-9H,2,10,19H2,1H3. The Labute approximate surface area is 134 Å². The lowest BCUT2D eigenvalue weighted by atomic mass is 10.1. The molecule has 0 saturated carbocycles. The predicted octanol–water partition coefficient (Wildman–Crippen LogP) is 4.24. The van der Waals surface area contributed by atoms with Gasteiger partial charge in [-0.1, -0.05) is 53.5 Å². The molecule has 0 fully saturated rings. The lowest BCUT2D eigenvalue weighted by molar-refractivity contribution is 0.0752. The van der Waals surface area contributed by atoms with Gasteiger partial charge in [-0.05, 0) is 24.6 Å². The zero-order valence-corrected chi connectivity index (χ0v) is 13.2. The molecule has 0 bridgehead atoms. The molecule has 2 rings (SSSR count). The van der Waals surface area contributed by atoms with Crippen molar-refractivity contribution in [3.8, 4) is 0 Å². The van der Waals surface area contributed by atoms with Crippen LogP contribution in [-0.2, 0) is 6.54 Å². The van der Waals surface area contributed by atoms with Crippen molar-refractivity contribution in [1.82, 2.24) is 4.90 Å². The molecule has 0 aliphatic rings. The normalized spacial score (nSPS) is 10.4. The van der Waals surface area contributed by atoms with Gasteiger partial charge in [0.1, 0.15) is 0 Å². The fraction of sp³-hybridized carbons (Fsp3) is 0.188. The Bertz CT molecular complexity index is 621. The van der Waals surface area contributed by atoms with Crippen LogP contribution in [0.2, 0.25) is 10.0 Å². The third-order valence-corrected chi connectivity index (χ3v) is 3.84. The van der Waals surface area contributed by atoms with E-state index in [2.05, 4.69) is 0 Å². The summed E-state index contributed by atoms with van der Waals surface area (Å²) in [7, 11) is 0. The van der Waals surface area contributed by atoms with Crippen LogP contribution in [0.25, 0.3) is 0 Å². The van der Waals surface area contributed by atoms with E-state index in [9.17, 15) is 4.79 Å². The average molecular weight is 323 g/mol. The summed E-state index contributed by atoms with van der Waals surface area (Å²) >= 11 is 12.0. The summed E-state index contributed by atoms with van der Waals surface area (Å²) in [5.74, 6) is -0.120. The van der Waals surface area contributed by atoms with Gasteiger partial charge >= 0.3 is 0 Å². The summed E-state index contributed by atoms with van der Waals surface area (Å²) in [6.45, 7) is 3.06. The Morgan fingerprint density at radius 2 is 1.71 bits per heavy atom. The minimum Gasteiger partial charge on any atom is -0.396 e. The monoisotopic (exact) mass is 322 g/mol. The van der Waals surface area contributed by atoms with Crippen molar-refractivity contribution in [2.75, 3.05) is 12.3 Å². The van der Waals surface area contributed by atoms with Crippen LogP contribution >= 0.6 is 23.2 Å². The smallest absolute Gasteiger partial charge is 0.254 e. The van der Waals surface area contributed by atoms with Crippen LogP contribution in [0.3, 0.4) is 0 Å². The molecule has 0 heterocycles. The van der Waals surface area contributed by atoms with E-state index >= 15 is 0 Å². The van der Waals surface area contributed by atoms with Gasteiger partial charge in [-0.25, -0.2) is 0 Å². The highest BCUT2D eigenvalue weighted by atomic mass is 35.5. The highest BCUT2D eigenvalue weighted by Gasteiger charge is 2.17. The molecular weight excluding hydrogens is 307 g/mol. The Morgan fingerprint density at radius 3 is 2.24 bits per heavy atom. The van der Waals surface area contributed by atoms with Crippen molar-refractivity contribution in [1.29, 1.82) is 0 Å². The maximum Gasteiger partial charge on any atom is 0.254 e. The quantitative estimate of drug-likeness (QED) is 0.856. The van der Waals surface area contributed by atoms with E-state index in [0.29, 0.717) is 34.4 Å². The molecule has 0 spiro atoms. The van der Waals surface area contributed by atoms with Gasteiger partial charge in [0.05, 0.1) is 15.7 Å². The van der Waals surface area contributed by atoms with E-state index < -0.39 is 0 Å². The Morgan fingerprint density at radius 1 is 1.14 bits per heavy atom. The zero-order chi connectivity index (χ0) is 15.4. The number of benzene rings is 2. The Balaban J connectivity index is 2.24. The molecule has 110 valence electrons. The molecule has 0 aromatic heterocycles. The molecule has 2 N–H and O–H groups in total. The molecule has 1 amide bonds. The second kappa shape index (κ2) is 6.83. The first-order valence-corrected chi connectivity index (χ1v) is 7.36. The van der Waals surface area contributed by atoms with Gasteiger partial charge in [-0.2, -0.15) is 0 Å². The lowest BCUT2D eigenvalue weighted by Gasteiger charge is -2.21. The van der Waals surface area contributed by atoms with Crippen LogP contribution < -0.4 is 5.73 Å². The zero-order valence-electron chi connectivity index (χ0n) is 11.6. The SMILES string of the molecule is CCN(Cc1ccccc1)C(=O)c1cc(Cl)c(N)c(Cl)c1. The Hall–Kier alpha value is -1.71. The first kappa shape index (κ1) is 15.7. The highest BCUT2D eigenvalue weighted by Crippen LogP contribution is 2.29. The van der Waals surface area contributed by atoms with Crippen LogP contribution in [0.5, 0.6) is 0 Å². The van der Waals surface area contributed by atoms with Crippen LogP contribution in [0.1, 0.15) is 22.8 Å². The van der Waals surface area contributed by atoms with Crippen molar-refractivity contribution in [3.63, 3.8) is 0 Å². The number of anilines is 1. The number of carbonyl (C=O) groups excluding carboxylic acids is 1. The molecule has 0 aliphatic heterocycles. The van der Waals surface area contributed by atoms with Gasteiger partial charge in [0.15, 0.2) is 0 Å². The summed E-state index contributed by atoms with van der Waals surface area (Å²) in [5.41, 5.74) is 7.50. The minimum absolute atomic E-state index is 0.120. The average Bonchev–Trinajstić information content (AvgIpc) is 2.50. The van der Waals surface area contributed by atoms with Crippen LogP contribution in [0, 0.1) is 0 Å². The van der Waals surface area contributed by atoms with Gasteiger partial charge in [0.2, 0.25) is 0 Å². The fourth-order valence-electron chi connectivity index (χ4n) is 2.02. The molecule has 0 atom stereocenters. The summed E-state index contributed by atoms with van der Waals surface area (Å²) < 4.78 is 0. The minimum atomic E-state index is -0.120. The molecule has 0 unspecified atom stereocenters. The molecule has 0 radical (unpaired) electrons. The van der Waals surface area contributed by atoms with E-state index in [1.54, 1.807) is 17.0 Å². The van der Waals surface area contributed by atoms with Crippen molar-refractivity contribution in [2.24, 2.45) is 0 Å². The number of hydrogen-bond donors (Lipinski definition) is 1. The number of hydrogen-bond acceptors (Lipinski definition) is 2. The first-order valence-electron chi connectivity index (χ1n) is 6.60. The third-order valence-electron chi connectivity index (χ3n) is 3.21. The first-order chi connectivity index (χ1) is 10.0. The number of amides is 1. The third kappa shape index (κ3) is 3.69. The largest absolute Gasteiger partial charge is 0.396 e. The van der Waals surface area contributed by atoms with Crippen molar-refractivity contribution in [3.05, 3.63) is 63.6 Å². The number of carbonyl (C=O) groups is 1. The van der Waals surface area contributed by atoms with E-state index in [0.717, 1.165) is 5.56 Å². The maximum absolute atomic E-state index is 12.6. The van der Waals surface area contributed by atoms with Crippen molar-refractivity contribution in [2.45, 2.75) is 13.5 Å². The molecule has 5 heteroatoms. The summed E-state index contributed by atoms with van der Waals surface area (Å²) in [6, 6.07) is 12.9. The van der Waals surface area contributed by atoms with E-state index in [-0.39, 0.29) is 5.91 Å². The highest BCUT2D eigenvalue weighted by molar-refractivity contribution is 6.39. The fourth-order valence-corrected chi connectivity index (χ4v) is 2.51. The van der Waals surface area contributed by atoms with Crippen LogP contribution in [0.4, 0.5) is 5.69 Å². The van der Waals surface area contributed by atoms with E-state index in [1.807, 2.05) is 37.3 Å². The summed E-state index contributed by atoms with van der Waals surface area (Å²) in [5, 5.41) is 0.586. The lowest BCUT2D eigenvalue weighted by Crippen LogP contribution is -2.30. The number of nitrogens with two attached hydrogens (primary N) is 1. The molecule has 0 aliphatic carbocycles. The predicted molar refractivity (Wildman–Crippen MR) is 87.7 cm³/mol. The van der Waals surface area contributed by atoms with Gasteiger partial charge in [-0.3, -0.25) is 4.79 Å². The number of nitrogen functional groups attached to an aromatic ring is 1. The molecule has 2 aromatic rings. The van der Waals surface area contributed by atoms with Gasteiger partial charge in [-0.15, -0.1) is 0 Å². The second-order valence-corrected chi connectivity index (χ2v) is 5.47.